The van der Waals surface area contributed by atoms with Gasteiger partial charge in [0.25, 0.3) is 0 Å². The minimum atomic E-state index is -0.198. The van der Waals surface area contributed by atoms with Gasteiger partial charge in [-0.1, -0.05) is 0 Å². The van der Waals surface area contributed by atoms with Crippen molar-refractivity contribution in [3.8, 4) is 0 Å². The summed E-state index contributed by atoms with van der Waals surface area (Å²) in [6.07, 6.45) is 4.67. The van der Waals surface area contributed by atoms with Gasteiger partial charge in [0.1, 0.15) is 11.7 Å². The first-order chi connectivity index (χ1) is 9.78. The van der Waals surface area contributed by atoms with Crippen molar-refractivity contribution in [2.45, 2.75) is 37.4 Å². The van der Waals surface area contributed by atoms with Crippen molar-refractivity contribution in [3.05, 3.63) is 22.4 Å². The van der Waals surface area contributed by atoms with Crippen LogP contribution in [-0.4, -0.2) is 34.4 Å². The van der Waals surface area contributed by atoms with Gasteiger partial charge in [0, 0.05) is 6.54 Å². The number of hydrogen-bond acceptors (Lipinski definition) is 4. The zero-order valence-corrected chi connectivity index (χ0v) is 13.1. The van der Waals surface area contributed by atoms with Crippen LogP contribution in [0.15, 0.2) is 16.8 Å². The average molecular weight is 308 g/mol. The summed E-state index contributed by atoms with van der Waals surface area (Å²) in [7, 11) is 0. The molecular formula is C15H20N2OS2. The van der Waals surface area contributed by atoms with Crippen molar-refractivity contribution in [2.24, 2.45) is 5.92 Å². The van der Waals surface area contributed by atoms with Gasteiger partial charge in [0.2, 0.25) is 5.91 Å². The maximum absolute atomic E-state index is 12.7. The van der Waals surface area contributed by atoms with Gasteiger partial charge in [0.05, 0.1) is 0 Å². The Balaban J connectivity index is 1.55. The van der Waals surface area contributed by atoms with Crippen LogP contribution in [0.1, 0.15) is 37.4 Å². The van der Waals surface area contributed by atoms with E-state index in [0.29, 0.717) is 11.8 Å². The fraction of sp³-hybridized carbons (Fsp3) is 0.667. The summed E-state index contributed by atoms with van der Waals surface area (Å²) in [5.74, 6) is 3.56. The van der Waals surface area contributed by atoms with E-state index >= 15 is 0 Å². The number of carbonyl (C=O) groups excluding carboxylic acids is 1. The average Bonchev–Trinajstić information content (AvgIpc) is 2.96. The molecule has 2 saturated heterocycles. The Morgan fingerprint density at radius 3 is 2.80 bits per heavy atom. The van der Waals surface area contributed by atoms with Gasteiger partial charge >= 0.3 is 0 Å². The second-order valence-electron chi connectivity index (χ2n) is 6.20. The molecule has 4 rings (SSSR count). The molecule has 108 valence electrons. The van der Waals surface area contributed by atoms with Crippen LogP contribution in [0.3, 0.4) is 0 Å². The topological polar surface area (TPSA) is 32.3 Å². The van der Waals surface area contributed by atoms with E-state index in [2.05, 4.69) is 38.8 Å². The van der Waals surface area contributed by atoms with E-state index in [9.17, 15) is 4.79 Å². The molecule has 0 aromatic carbocycles. The number of hydrogen-bond donors (Lipinski definition) is 1. The van der Waals surface area contributed by atoms with Crippen LogP contribution in [0.25, 0.3) is 0 Å². The molecule has 1 spiro atoms. The lowest BCUT2D eigenvalue weighted by atomic mass is 10.0. The van der Waals surface area contributed by atoms with Crippen LogP contribution >= 0.6 is 23.1 Å². The second-order valence-corrected chi connectivity index (χ2v) is 8.20. The normalized spacial score (nSPS) is 29.3. The standard InChI is InChI=1S/C15H20N2OS2/c18-14-15(4-5-15)16-13(12-3-8-20-10-12)17(14)9-11-1-6-19-7-2-11/h3,8,10-11,13,16H,1-2,4-7,9H2. The number of thiophene rings is 1. The van der Waals surface area contributed by atoms with Crippen molar-refractivity contribution >= 4 is 29.0 Å². The zero-order valence-electron chi connectivity index (χ0n) is 11.5. The highest BCUT2D eigenvalue weighted by atomic mass is 32.2. The fourth-order valence-electron chi connectivity index (χ4n) is 3.37. The Morgan fingerprint density at radius 2 is 2.15 bits per heavy atom. The number of carbonyl (C=O) groups is 1. The Kier molecular flexibility index (Phi) is 3.32. The summed E-state index contributed by atoms with van der Waals surface area (Å²) >= 11 is 3.77. The minimum Gasteiger partial charge on any atom is -0.321 e. The number of nitrogens with zero attached hydrogens (tertiary/aromatic N) is 1. The maximum atomic E-state index is 12.7. The van der Waals surface area contributed by atoms with Gasteiger partial charge in [-0.25, -0.2) is 0 Å². The van der Waals surface area contributed by atoms with Crippen molar-refractivity contribution in [2.75, 3.05) is 18.1 Å². The third-order valence-corrected chi connectivity index (χ3v) is 6.55. The SMILES string of the molecule is O=C1N(CC2CCSCC2)C(c2ccsc2)NC12CC2. The smallest absolute Gasteiger partial charge is 0.244 e. The highest BCUT2D eigenvalue weighted by molar-refractivity contribution is 7.99. The van der Waals surface area contributed by atoms with Crippen LogP contribution in [0.4, 0.5) is 0 Å². The largest absolute Gasteiger partial charge is 0.321 e. The molecule has 1 saturated carbocycles. The molecule has 3 nitrogen and oxygen atoms in total. The number of rotatable bonds is 3. The van der Waals surface area contributed by atoms with E-state index in [4.69, 9.17) is 0 Å². The zero-order chi connectivity index (χ0) is 13.6. The van der Waals surface area contributed by atoms with Gasteiger partial charge in [-0.3, -0.25) is 10.1 Å². The molecule has 1 amide bonds. The van der Waals surface area contributed by atoms with E-state index in [1.165, 1.54) is 29.9 Å². The third-order valence-electron chi connectivity index (χ3n) is 4.80. The molecule has 1 aromatic rings. The van der Waals surface area contributed by atoms with E-state index in [0.717, 1.165) is 19.4 Å². The maximum Gasteiger partial charge on any atom is 0.244 e. The first-order valence-corrected chi connectivity index (χ1v) is 9.57. The van der Waals surface area contributed by atoms with E-state index in [-0.39, 0.29) is 11.7 Å². The summed E-state index contributed by atoms with van der Waals surface area (Å²) in [5, 5.41) is 7.89. The van der Waals surface area contributed by atoms with Crippen molar-refractivity contribution in [3.63, 3.8) is 0 Å². The molecule has 5 heteroatoms. The predicted molar refractivity (Wildman–Crippen MR) is 83.9 cm³/mol. The number of nitrogens with one attached hydrogen (secondary N) is 1. The van der Waals surface area contributed by atoms with Gasteiger partial charge in [-0.15, -0.1) is 0 Å². The molecule has 3 fully saturated rings. The summed E-state index contributed by atoms with van der Waals surface area (Å²) in [4.78, 5) is 14.9. The van der Waals surface area contributed by atoms with Gasteiger partial charge < -0.3 is 4.90 Å². The van der Waals surface area contributed by atoms with Crippen LogP contribution < -0.4 is 5.32 Å². The minimum absolute atomic E-state index is 0.117. The molecule has 1 aliphatic carbocycles. The molecule has 1 unspecified atom stereocenters. The number of thioether (sulfide) groups is 1. The molecular weight excluding hydrogens is 288 g/mol. The molecule has 20 heavy (non-hydrogen) atoms. The van der Waals surface area contributed by atoms with E-state index < -0.39 is 0 Å². The van der Waals surface area contributed by atoms with Crippen molar-refractivity contribution in [1.82, 2.24) is 10.2 Å². The Bertz CT molecular complexity index is 492. The molecule has 0 radical (unpaired) electrons. The molecule has 1 N–H and O–H groups in total. The highest BCUT2D eigenvalue weighted by Gasteiger charge is 2.59. The van der Waals surface area contributed by atoms with Crippen LogP contribution in [0.2, 0.25) is 0 Å². The monoisotopic (exact) mass is 308 g/mol. The molecule has 1 atom stereocenters. The molecule has 1 aromatic heterocycles. The van der Waals surface area contributed by atoms with E-state index in [1.54, 1.807) is 11.3 Å². The lowest BCUT2D eigenvalue weighted by molar-refractivity contribution is -0.131. The Hall–Kier alpha value is -0.520. The lowest BCUT2D eigenvalue weighted by Crippen LogP contribution is -2.36. The molecule has 2 aliphatic heterocycles. The summed E-state index contributed by atoms with van der Waals surface area (Å²) in [6.45, 7) is 0.939. The first-order valence-electron chi connectivity index (χ1n) is 7.47. The lowest BCUT2D eigenvalue weighted by Gasteiger charge is -2.30. The van der Waals surface area contributed by atoms with Gasteiger partial charge in [0.15, 0.2) is 0 Å². The Labute approximate surface area is 128 Å². The van der Waals surface area contributed by atoms with Crippen LogP contribution in [0.5, 0.6) is 0 Å². The Morgan fingerprint density at radius 1 is 1.35 bits per heavy atom. The summed E-state index contributed by atoms with van der Waals surface area (Å²) < 4.78 is 0. The summed E-state index contributed by atoms with van der Waals surface area (Å²) in [6, 6.07) is 2.15. The molecule has 0 bridgehead atoms. The van der Waals surface area contributed by atoms with Crippen molar-refractivity contribution < 1.29 is 4.79 Å². The molecule has 3 aliphatic rings. The van der Waals surface area contributed by atoms with Crippen molar-refractivity contribution in [1.29, 1.82) is 0 Å². The quantitative estimate of drug-likeness (QED) is 0.932. The van der Waals surface area contributed by atoms with Gasteiger partial charge in [-0.2, -0.15) is 23.1 Å². The number of amides is 1. The summed E-state index contributed by atoms with van der Waals surface area (Å²) in [5.41, 5.74) is 1.06. The van der Waals surface area contributed by atoms with Gasteiger partial charge in [-0.05, 0) is 65.5 Å². The van der Waals surface area contributed by atoms with E-state index in [1.807, 2.05) is 0 Å². The highest BCUT2D eigenvalue weighted by Crippen LogP contribution is 2.46. The second kappa shape index (κ2) is 5.04. The predicted octanol–water partition coefficient (Wildman–Crippen LogP) is 2.85. The molecule has 3 heterocycles. The third kappa shape index (κ3) is 2.20. The van der Waals surface area contributed by atoms with Crippen LogP contribution in [0, 0.1) is 5.92 Å². The first kappa shape index (κ1) is 13.2. The van der Waals surface area contributed by atoms with Crippen LogP contribution in [-0.2, 0) is 4.79 Å². The fourth-order valence-corrected chi connectivity index (χ4v) is 5.25.